The molecular formula is C12H19FN2O3S. The Morgan fingerprint density at radius 3 is 2.68 bits per heavy atom. The summed E-state index contributed by atoms with van der Waals surface area (Å²) < 4.78 is 39.6. The van der Waals surface area contributed by atoms with Crippen molar-refractivity contribution in [2.45, 2.75) is 37.7 Å². The first-order valence-corrected chi connectivity index (χ1v) is 7.49. The van der Waals surface area contributed by atoms with Crippen molar-refractivity contribution in [1.82, 2.24) is 4.72 Å². The summed E-state index contributed by atoms with van der Waals surface area (Å²) in [6, 6.07) is 2.19. The van der Waals surface area contributed by atoms with Gasteiger partial charge in [-0.2, -0.15) is 0 Å². The van der Waals surface area contributed by atoms with Crippen LogP contribution in [0.5, 0.6) is 0 Å². The Hall–Kier alpha value is -1.18. The molecule has 108 valence electrons. The molecule has 0 saturated carbocycles. The first-order chi connectivity index (χ1) is 8.77. The van der Waals surface area contributed by atoms with E-state index in [9.17, 15) is 17.9 Å². The minimum absolute atomic E-state index is 0.0441. The molecule has 0 bridgehead atoms. The van der Waals surface area contributed by atoms with Crippen LogP contribution in [-0.4, -0.2) is 26.2 Å². The quantitative estimate of drug-likeness (QED) is 0.685. The van der Waals surface area contributed by atoms with Gasteiger partial charge < -0.3 is 10.8 Å². The lowest BCUT2D eigenvalue weighted by Gasteiger charge is -2.12. The molecule has 0 fully saturated rings. The number of hydrogen-bond acceptors (Lipinski definition) is 4. The second kappa shape index (κ2) is 6.31. The molecule has 1 unspecified atom stereocenters. The van der Waals surface area contributed by atoms with Crippen molar-refractivity contribution < 1.29 is 17.9 Å². The SMILES string of the molecule is CCC(O)CCNS(=O)(=O)c1cc(N)c(F)cc1C. The Morgan fingerprint density at radius 2 is 2.11 bits per heavy atom. The Balaban J connectivity index is 2.86. The van der Waals surface area contributed by atoms with Crippen molar-refractivity contribution in [3.8, 4) is 0 Å². The number of nitrogens with two attached hydrogens (primary N) is 1. The summed E-state index contributed by atoms with van der Waals surface area (Å²) in [4.78, 5) is -0.0441. The lowest BCUT2D eigenvalue weighted by atomic mass is 10.2. The molecule has 19 heavy (non-hydrogen) atoms. The zero-order valence-corrected chi connectivity index (χ0v) is 11.8. The third kappa shape index (κ3) is 4.15. The van der Waals surface area contributed by atoms with Gasteiger partial charge in [-0.05, 0) is 37.5 Å². The molecule has 0 radical (unpaired) electrons. The van der Waals surface area contributed by atoms with E-state index in [1.807, 2.05) is 6.92 Å². The summed E-state index contributed by atoms with van der Waals surface area (Å²) >= 11 is 0. The van der Waals surface area contributed by atoms with Crippen LogP contribution in [0.1, 0.15) is 25.3 Å². The molecule has 0 aromatic heterocycles. The third-order valence-corrected chi connectivity index (χ3v) is 4.43. The number of rotatable bonds is 6. The standard InChI is InChI=1S/C12H19FN2O3S/c1-3-9(16)4-5-15-19(17,18)12-7-11(14)10(13)6-8(12)2/h6-7,9,15-16H,3-5,14H2,1-2H3. The number of aliphatic hydroxyl groups excluding tert-OH is 1. The van der Waals surface area contributed by atoms with E-state index < -0.39 is 21.9 Å². The highest BCUT2D eigenvalue weighted by Crippen LogP contribution is 2.21. The van der Waals surface area contributed by atoms with E-state index in [1.165, 1.54) is 6.92 Å². The molecule has 0 spiro atoms. The molecule has 1 rings (SSSR count). The van der Waals surface area contributed by atoms with Crippen molar-refractivity contribution in [2.75, 3.05) is 12.3 Å². The molecule has 1 atom stereocenters. The Kier molecular flexibility index (Phi) is 5.28. The predicted octanol–water partition coefficient (Wildman–Crippen LogP) is 1.16. The van der Waals surface area contributed by atoms with E-state index in [0.717, 1.165) is 12.1 Å². The maximum absolute atomic E-state index is 13.2. The maximum atomic E-state index is 13.2. The van der Waals surface area contributed by atoms with Gasteiger partial charge in [0, 0.05) is 6.54 Å². The van der Waals surface area contributed by atoms with Gasteiger partial charge in [-0.25, -0.2) is 17.5 Å². The molecular weight excluding hydrogens is 271 g/mol. The second-order valence-corrected chi connectivity index (χ2v) is 6.12. The van der Waals surface area contributed by atoms with Gasteiger partial charge in [0.25, 0.3) is 0 Å². The molecule has 0 heterocycles. The molecule has 0 saturated heterocycles. The highest BCUT2D eigenvalue weighted by molar-refractivity contribution is 7.89. The van der Waals surface area contributed by atoms with E-state index in [1.54, 1.807) is 0 Å². The van der Waals surface area contributed by atoms with E-state index in [0.29, 0.717) is 12.8 Å². The normalized spacial score (nSPS) is 13.5. The van der Waals surface area contributed by atoms with Crippen LogP contribution in [-0.2, 0) is 10.0 Å². The number of hydrogen-bond donors (Lipinski definition) is 3. The van der Waals surface area contributed by atoms with E-state index in [4.69, 9.17) is 5.73 Å². The highest BCUT2D eigenvalue weighted by atomic mass is 32.2. The lowest BCUT2D eigenvalue weighted by molar-refractivity contribution is 0.162. The van der Waals surface area contributed by atoms with E-state index >= 15 is 0 Å². The van der Waals surface area contributed by atoms with E-state index in [2.05, 4.69) is 4.72 Å². The average molecular weight is 290 g/mol. The summed E-state index contributed by atoms with van der Waals surface area (Å²) in [6.07, 6.45) is 0.345. The molecule has 0 aliphatic carbocycles. The van der Waals surface area contributed by atoms with Crippen LogP contribution in [0.25, 0.3) is 0 Å². The van der Waals surface area contributed by atoms with Crippen LogP contribution in [0.4, 0.5) is 10.1 Å². The van der Waals surface area contributed by atoms with Gasteiger partial charge in [0.05, 0.1) is 16.7 Å². The summed E-state index contributed by atoms with van der Waals surface area (Å²) in [5.74, 6) is -0.641. The van der Waals surface area contributed by atoms with Gasteiger partial charge in [-0.1, -0.05) is 6.92 Å². The fourth-order valence-electron chi connectivity index (χ4n) is 1.60. The smallest absolute Gasteiger partial charge is 0.240 e. The summed E-state index contributed by atoms with van der Waals surface area (Å²) in [5, 5.41) is 9.36. The lowest BCUT2D eigenvalue weighted by Crippen LogP contribution is -2.28. The molecule has 0 aliphatic heterocycles. The fraction of sp³-hybridized carbons (Fsp3) is 0.500. The highest BCUT2D eigenvalue weighted by Gasteiger charge is 2.18. The van der Waals surface area contributed by atoms with Crippen molar-refractivity contribution in [3.05, 3.63) is 23.5 Å². The number of anilines is 1. The van der Waals surface area contributed by atoms with Crippen molar-refractivity contribution in [3.63, 3.8) is 0 Å². The largest absolute Gasteiger partial charge is 0.396 e. The van der Waals surface area contributed by atoms with Gasteiger partial charge >= 0.3 is 0 Å². The number of nitrogen functional groups attached to an aromatic ring is 1. The summed E-state index contributed by atoms with van der Waals surface area (Å²) in [7, 11) is -3.74. The van der Waals surface area contributed by atoms with Crippen LogP contribution in [0, 0.1) is 12.7 Å². The minimum atomic E-state index is -3.74. The fourth-order valence-corrected chi connectivity index (χ4v) is 2.91. The molecule has 5 nitrogen and oxygen atoms in total. The van der Waals surface area contributed by atoms with Crippen LogP contribution in [0.2, 0.25) is 0 Å². The minimum Gasteiger partial charge on any atom is -0.396 e. The van der Waals surface area contributed by atoms with Gasteiger partial charge in [0.2, 0.25) is 10.0 Å². The summed E-state index contributed by atoms with van der Waals surface area (Å²) in [6.45, 7) is 3.43. The third-order valence-electron chi connectivity index (χ3n) is 2.82. The van der Waals surface area contributed by atoms with Crippen LogP contribution in [0.3, 0.4) is 0 Å². The Morgan fingerprint density at radius 1 is 1.47 bits per heavy atom. The van der Waals surface area contributed by atoms with Gasteiger partial charge in [-0.3, -0.25) is 0 Å². The molecule has 7 heteroatoms. The van der Waals surface area contributed by atoms with Crippen LogP contribution in [0.15, 0.2) is 17.0 Å². The van der Waals surface area contributed by atoms with Crippen LogP contribution < -0.4 is 10.5 Å². The number of nitrogens with one attached hydrogen (secondary N) is 1. The van der Waals surface area contributed by atoms with Crippen molar-refractivity contribution in [1.29, 1.82) is 0 Å². The van der Waals surface area contributed by atoms with Gasteiger partial charge in [-0.15, -0.1) is 0 Å². The molecule has 1 aromatic rings. The zero-order valence-electron chi connectivity index (χ0n) is 11.0. The van der Waals surface area contributed by atoms with Gasteiger partial charge in [0.15, 0.2) is 0 Å². The number of aliphatic hydroxyl groups is 1. The molecule has 1 aromatic carbocycles. The van der Waals surface area contributed by atoms with E-state index in [-0.39, 0.29) is 22.7 Å². The second-order valence-electron chi connectivity index (χ2n) is 4.39. The predicted molar refractivity (Wildman–Crippen MR) is 71.7 cm³/mol. The van der Waals surface area contributed by atoms with Crippen LogP contribution >= 0.6 is 0 Å². The zero-order chi connectivity index (χ0) is 14.6. The molecule has 0 amide bonds. The first-order valence-electron chi connectivity index (χ1n) is 6.01. The van der Waals surface area contributed by atoms with Gasteiger partial charge in [0.1, 0.15) is 5.82 Å². The van der Waals surface area contributed by atoms with Crippen molar-refractivity contribution in [2.24, 2.45) is 0 Å². The molecule has 0 aliphatic rings. The number of sulfonamides is 1. The topological polar surface area (TPSA) is 92.4 Å². The number of halogens is 1. The Bertz CT molecular complexity index is 546. The number of aryl methyl sites for hydroxylation is 1. The van der Waals surface area contributed by atoms with Crippen molar-refractivity contribution >= 4 is 15.7 Å². The monoisotopic (exact) mass is 290 g/mol. The first kappa shape index (κ1) is 15.9. The average Bonchev–Trinajstić information content (AvgIpc) is 2.33. The Labute approximate surface area is 112 Å². The maximum Gasteiger partial charge on any atom is 0.240 e. The number of benzene rings is 1. The summed E-state index contributed by atoms with van der Waals surface area (Å²) in [5.41, 5.74) is 5.46. The molecule has 4 N–H and O–H groups in total.